The summed E-state index contributed by atoms with van der Waals surface area (Å²) >= 11 is 6.39. The molecule has 4 rings (SSSR count). The number of non-ortho nitro benzene ring substituents is 2. The van der Waals surface area contributed by atoms with E-state index in [-0.39, 0.29) is 17.3 Å². The van der Waals surface area contributed by atoms with E-state index in [0.717, 1.165) is 11.8 Å². The molecule has 154 valence electrons. The van der Waals surface area contributed by atoms with Crippen LogP contribution in [0, 0.1) is 20.2 Å². The third kappa shape index (κ3) is 4.09. The van der Waals surface area contributed by atoms with Crippen molar-refractivity contribution in [1.29, 1.82) is 0 Å². The quantitative estimate of drug-likeness (QED) is 0.225. The first-order valence-corrected chi connectivity index (χ1v) is 9.93. The van der Waals surface area contributed by atoms with Gasteiger partial charge >= 0.3 is 0 Å². The number of thiocarbonyl (C=S) groups is 1. The van der Waals surface area contributed by atoms with Crippen LogP contribution in [0.5, 0.6) is 0 Å². The summed E-state index contributed by atoms with van der Waals surface area (Å²) < 4.78 is 6.05. The van der Waals surface area contributed by atoms with E-state index in [9.17, 15) is 25.0 Å². The summed E-state index contributed by atoms with van der Waals surface area (Å²) in [4.78, 5) is 35.1. The summed E-state index contributed by atoms with van der Waals surface area (Å²) in [6.07, 6.45) is 1.56. The van der Waals surface area contributed by atoms with Crippen LogP contribution in [0.15, 0.2) is 70.0 Å². The van der Waals surface area contributed by atoms with Crippen molar-refractivity contribution in [2.24, 2.45) is 0 Å². The van der Waals surface area contributed by atoms with Crippen LogP contribution in [-0.2, 0) is 4.79 Å². The lowest BCUT2D eigenvalue weighted by atomic mass is 10.1. The minimum atomic E-state index is -0.520. The molecule has 0 saturated carbocycles. The second-order valence-corrected chi connectivity index (χ2v) is 7.97. The van der Waals surface area contributed by atoms with Gasteiger partial charge in [-0.15, -0.1) is 0 Å². The molecule has 0 spiro atoms. The molecule has 1 amide bonds. The molecule has 9 nitrogen and oxygen atoms in total. The lowest BCUT2D eigenvalue weighted by Crippen LogP contribution is -2.27. The zero-order chi connectivity index (χ0) is 22.1. The first kappa shape index (κ1) is 20.4. The van der Waals surface area contributed by atoms with Crippen molar-refractivity contribution in [2.75, 3.05) is 4.90 Å². The van der Waals surface area contributed by atoms with Gasteiger partial charge in [0.15, 0.2) is 4.32 Å². The predicted octanol–water partition coefficient (Wildman–Crippen LogP) is 5.17. The molecule has 0 N–H and O–H groups in total. The number of hydrogen-bond acceptors (Lipinski definition) is 8. The maximum atomic E-state index is 12.8. The zero-order valence-corrected chi connectivity index (χ0v) is 17.1. The molecule has 2 heterocycles. The van der Waals surface area contributed by atoms with Gasteiger partial charge < -0.3 is 4.42 Å². The maximum absolute atomic E-state index is 12.8. The molecular formula is C20H11N3O6S2. The Bertz CT molecular complexity index is 1250. The smallest absolute Gasteiger partial charge is 0.270 e. The van der Waals surface area contributed by atoms with Crippen molar-refractivity contribution in [1.82, 2.24) is 0 Å². The Labute approximate surface area is 184 Å². The topological polar surface area (TPSA) is 120 Å². The number of rotatable bonds is 5. The van der Waals surface area contributed by atoms with Gasteiger partial charge in [0.2, 0.25) is 0 Å². The van der Waals surface area contributed by atoms with E-state index < -0.39 is 9.85 Å². The Morgan fingerprint density at radius 3 is 2.06 bits per heavy atom. The predicted molar refractivity (Wildman–Crippen MR) is 120 cm³/mol. The van der Waals surface area contributed by atoms with Gasteiger partial charge in [0.1, 0.15) is 11.5 Å². The normalized spacial score (nSPS) is 15.0. The molecule has 1 aliphatic rings. The number of nitrogens with zero attached hydrogens (tertiary/aromatic N) is 3. The minimum absolute atomic E-state index is 0.0227. The van der Waals surface area contributed by atoms with E-state index in [1.807, 2.05) is 0 Å². The van der Waals surface area contributed by atoms with Crippen LogP contribution < -0.4 is 4.90 Å². The molecule has 1 fully saturated rings. The molecule has 0 radical (unpaired) electrons. The second-order valence-electron chi connectivity index (χ2n) is 6.30. The number of nitro groups is 2. The van der Waals surface area contributed by atoms with E-state index >= 15 is 0 Å². The number of carbonyl (C=O) groups excluding carboxylic acids is 1. The van der Waals surface area contributed by atoms with E-state index in [1.54, 1.807) is 30.3 Å². The lowest BCUT2D eigenvalue weighted by Gasteiger charge is -2.13. The number of benzene rings is 2. The van der Waals surface area contributed by atoms with Crippen molar-refractivity contribution >= 4 is 57.3 Å². The van der Waals surface area contributed by atoms with Crippen LogP contribution in [0.25, 0.3) is 17.4 Å². The Morgan fingerprint density at radius 1 is 0.903 bits per heavy atom. The Morgan fingerprint density at radius 2 is 1.48 bits per heavy atom. The van der Waals surface area contributed by atoms with Crippen molar-refractivity contribution < 1.29 is 19.1 Å². The average Bonchev–Trinajstić information content (AvgIpc) is 3.32. The van der Waals surface area contributed by atoms with Gasteiger partial charge in [0, 0.05) is 35.9 Å². The average molecular weight is 453 g/mol. The fourth-order valence-electron chi connectivity index (χ4n) is 2.88. The first-order valence-electron chi connectivity index (χ1n) is 8.70. The summed E-state index contributed by atoms with van der Waals surface area (Å²) in [7, 11) is 0. The fraction of sp³-hybridized carbons (Fsp3) is 0. The van der Waals surface area contributed by atoms with E-state index in [4.69, 9.17) is 16.6 Å². The summed E-state index contributed by atoms with van der Waals surface area (Å²) in [5, 5.41) is 21.6. The zero-order valence-electron chi connectivity index (χ0n) is 15.5. The molecule has 31 heavy (non-hydrogen) atoms. The summed E-state index contributed by atoms with van der Waals surface area (Å²) in [6, 6.07) is 14.8. The minimum Gasteiger partial charge on any atom is -0.457 e. The highest BCUT2D eigenvalue weighted by Gasteiger charge is 2.33. The maximum Gasteiger partial charge on any atom is 0.270 e. The van der Waals surface area contributed by atoms with Crippen LogP contribution in [0.4, 0.5) is 17.1 Å². The number of amides is 1. The van der Waals surface area contributed by atoms with Gasteiger partial charge in [-0.3, -0.25) is 29.9 Å². The number of carbonyl (C=O) groups is 1. The highest BCUT2D eigenvalue weighted by molar-refractivity contribution is 8.27. The van der Waals surface area contributed by atoms with E-state index in [1.165, 1.54) is 41.3 Å². The second kappa shape index (κ2) is 8.13. The monoisotopic (exact) mass is 453 g/mol. The van der Waals surface area contributed by atoms with Gasteiger partial charge in [-0.25, -0.2) is 0 Å². The number of nitro benzene ring substituents is 2. The standard InChI is InChI=1S/C20H11N3O6S2/c24-19-18(31-20(30)21(19)13-5-7-15(8-6-13)23(27)28)11-16-9-10-17(29-16)12-1-3-14(4-2-12)22(25)26/h1-11H. The van der Waals surface area contributed by atoms with Crippen LogP contribution in [-0.4, -0.2) is 20.1 Å². The number of anilines is 1. The third-order valence-electron chi connectivity index (χ3n) is 4.38. The molecule has 0 bridgehead atoms. The van der Waals surface area contributed by atoms with Crippen LogP contribution in [0.2, 0.25) is 0 Å². The van der Waals surface area contributed by atoms with E-state index in [0.29, 0.717) is 32.0 Å². The molecule has 2 aromatic carbocycles. The molecule has 0 unspecified atom stereocenters. The van der Waals surface area contributed by atoms with Crippen LogP contribution in [0.1, 0.15) is 5.76 Å². The van der Waals surface area contributed by atoms with Gasteiger partial charge in [-0.1, -0.05) is 24.0 Å². The molecule has 0 aliphatic carbocycles. The molecule has 3 aromatic rings. The largest absolute Gasteiger partial charge is 0.457 e. The van der Waals surface area contributed by atoms with Crippen molar-refractivity contribution in [3.63, 3.8) is 0 Å². The molecule has 1 saturated heterocycles. The lowest BCUT2D eigenvalue weighted by molar-refractivity contribution is -0.385. The number of hydrogen-bond donors (Lipinski definition) is 0. The van der Waals surface area contributed by atoms with Crippen molar-refractivity contribution in [3.05, 3.63) is 91.6 Å². The Balaban J connectivity index is 1.56. The van der Waals surface area contributed by atoms with Crippen LogP contribution >= 0.6 is 24.0 Å². The van der Waals surface area contributed by atoms with Gasteiger partial charge in [0.05, 0.1) is 20.4 Å². The van der Waals surface area contributed by atoms with Gasteiger partial charge in [0.25, 0.3) is 17.3 Å². The highest BCUT2D eigenvalue weighted by atomic mass is 32.2. The van der Waals surface area contributed by atoms with Gasteiger partial charge in [-0.05, 0) is 36.4 Å². The molecule has 1 aromatic heterocycles. The first-order chi connectivity index (χ1) is 14.8. The summed E-state index contributed by atoms with van der Waals surface area (Å²) in [5.74, 6) is 0.543. The van der Waals surface area contributed by atoms with Crippen molar-refractivity contribution in [2.45, 2.75) is 0 Å². The summed E-state index contributed by atoms with van der Waals surface area (Å²) in [5.41, 5.74) is 0.982. The third-order valence-corrected chi connectivity index (χ3v) is 5.68. The Hall–Kier alpha value is -3.83. The number of thioether (sulfide) groups is 1. The molecule has 11 heteroatoms. The van der Waals surface area contributed by atoms with Crippen molar-refractivity contribution in [3.8, 4) is 11.3 Å². The van der Waals surface area contributed by atoms with E-state index in [2.05, 4.69) is 0 Å². The van der Waals surface area contributed by atoms with Crippen LogP contribution in [0.3, 0.4) is 0 Å². The molecule has 1 aliphatic heterocycles. The number of furan rings is 1. The Kier molecular flexibility index (Phi) is 5.36. The van der Waals surface area contributed by atoms with Gasteiger partial charge in [-0.2, -0.15) is 0 Å². The summed E-state index contributed by atoms with van der Waals surface area (Å²) in [6.45, 7) is 0. The SMILES string of the molecule is O=C1C(=Cc2ccc(-c3ccc([N+](=O)[O-])cc3)o2)SC(=S)N1c1ccc([N+](=O)[O-])cc1. The highest BCUT2D eigenvalue weighted by Crippen LogP contribution is 2.37. The molecule has 0 atom stereocenters. The fourth-order valence-corrected chi connectivity index (χ4v) is 4.15. The molecular weight excluding hydrogens is 442 g/mol.